The van der Waals surface area contributed by atoms with E-state index in [1.807, 2.05) is 0 Å². The second kappa shape index (κ2) is 8.28. The minimum atomic E-state index is -0.839. The summed E-state index contributed by atoms with van der Waals surface area (Å²) in [4.78, 5) is 10.6. The zero-order chi connectivity index (χ0) is 9.68. The van der Waals surface area contributed by atoms with Crippen LogP contribution >= 0.6 is 0 Å². The van der Waals surface area contributed by atoms with Crippen molar-refractivity contribution in [2.45, 2.75) is 51.9 Å². The standard InChI is InChI=1S/C11H20O2.K/c1-2-3-4-9-5-7-10(8-6-9)11(12)13;/h9-10H,2-8H2,1H3,(H,12,13);/q;+1/p-1. The smallest absolute Gasteiger partial charge is 0.550 e. The predicted molar refractivity (Wildman–Crippen MR) is 50.0 cm³/mol. The van der Waals surface area contributed by atoms with Gasteiger partial charge in [0.2, 0.25) is 0 Å². The molecule has 0 radical (unpaired) electrons. The molecule has 0 bridgehead atoms. The van der Waals surface area contributed by atoms with Gasteiger partial charge in [-0.2, -0.15) is 0 Å². The molecule has 1 rings (SSSR count). The fourth-order valence-electron chi connectivity index (χ4n) is 2.18. The van der Waals surface area contributed by atoms with Gasteiger partial charge in [0.15, 0.2) is 0 Å². The van der Waals surface area contributed by atoms with Gasteiger partial charge in [0.1, 0.15) is 0 Å². The third-order valence-corrected chi connectivity index (χ3v) is 3.15. The topological polar surface area (TPSA) is 40.1 Å². The zero-order valence-corrected chi connectivity index (χ0v) is 12.5. The SMILES string of the molecule is CCCCC1CCC(C(=O)[O-])CC1.[K+]. The molecule has 0 N–H and O–H groups in total. The van der Waals surface area contributed by atoms with Crippen molar-refractivity contribution in [1.29, 1.82) is 0 Å². The molecule has 3 heteroatoms. The number of carbonyl (C=O) groups is 1. The Morgan fingerprint density at radius 2 is 1.86 bits per heavy atom. The summed E-state index contributed by atoms with van der Waals surface area (Å²) in [5, 5.41) is 10.6. The minimum absolute atomic E-state index is 0. The minimum Gasteiger partial charge on any atom is -0.550 e. The van der Waals surface area contributed by atoms with Gasteiger partial charge in [0.25, 0.3) is 0 Å². The van der Waals surface area contributed by atoms with Gasteiger partial charge in [-0.3, -0.25) is 0 Å². The Morgan fingerprint density at radius 1 is 1.29 bits per heavy atom. The molecule has 1 fully saturated rings. The summed E-state index contributed by atoms with van der Waals surface area (Å²) >= 11 is 0. The van der Waals surface area contributed by atoms with Gasteiger partial charge in [-0.05, 0) is 37.5 Å². The molecule has 2 nitrogen and oxygen atoms in total. The molecule has 1 aliphatic carbocycles. The number of unbranched alkanes of at least 4 members (excludes halogenated alkanes) is 1. The van der Waals surface area contributed by atoms with Crippen LogP contribution in [0, 0.1) is 11.8 Å². The molecule has 0 unspecified atom stereocenters. The molecular weight excluding hydrogens is 203 g/mol. The van der Waals surface area contributed by atoms with E-state index < -0.39 is 5.97 Å². The van der Waals surface area contributed by atoms with Crippen molar-refractivity contribution in [2.24, 2.45) is 11.8 Å². The molecule has 0 aromatic heterocycles. The van der Waals surface area contributed by atoms with Crippen LogP contribution in [0.3, 0.4) is 0 Å². The molecule has 76 valence electrons. The predicted octanol–water partition coefficient (Wildman–Crippen LogP) is -1.26. The first-order valence-electron chi connectivity index (χ1n) is 5.45. The van der Waals surface area contributed by atoms with Crippen LogP contribution in [0.25, 0.3) is 0 Å². The van der Waals surface area contributed by atoms with E-state index in [9.17, 15) is 9.90 Å². The van der Waals surface area contributed by atoms with Crippen LogP contribution < -0.4 is 56.5 Å². The van der Waals surface area contributed by atoms with Crippen LogP contribution in [0.4, 0.5) is 0 Å². The first-order chi connectivity index (χ1) is 6.24. The first kappa shape index (κ1) is 15.1. The van der Waals surface area contributed by atoms with Crippen molar-refractivity contribution in [2.75, 3.05) is 0 Å². The van der Waals surface area contributed by atoms with Crippen LogP contribution in [0.1, 0.15) is 51.9 Å². The molecule has 0 saturated heterocycles. The van der Waals surface area contributed by atoms with Crippen LogP contribution in [-0.2, 0) is 4.79 Å². The van der Waals surface area contributed by atoms with Gasteiger partial charge in [0, 0.05) is 5.97 Å². The number of carbonyl (C=O) groups excluding carboxylic acids is 1. The van der Waals surface area contributed by atoms with Crippen molar-refractivity contribution in [1.82, 2.24) is 0 Å². The van der Waals surface area contributed by atoms with E-state index in [1.165, 1.54) is 19.3 Å². The Kier molecular flexibility index (Phi) is 8.94. The van der Waals surface area contributed by atoms with E-state index in [2.05, 4.69) is 6.92 Å². The number of rotatable bonds is 4. The molecule has 14 heavy (non-hydrogen) atoms. The van der Waals surface area contributed by atoms with Crippen molar-refractivity contribution in [3.63, 3.8) is 0 Å². The number of carboxylic acids is 1. The third kappa shape index (κ3) is 5.26. The van der Waals surface area contributed by atoms with Crippen molar-refractivity contribution >= 4 is 5.97 Å². The third-order valence-electron chi connectivity index (χ3n) is 3.15. The number of hydrogen-bond donors (Lipinski definition) is 0. The summed E-state index contributed by atoms with van der Waals surface area (Å²) in [6, 6.07) is 0. The Labute approximate surface area is 129 Å². The molecule has 0 amide bonds. The quantitative estimate of drug-likeness (QED) is 0.557. The Bertz CT molecular complexity index is 163. The summed E-state index contributed by atoms with van der Waals surface area (Å²) in [6.07, 6.45) is 7.71. The summed E-state index contributed by atoms with van der Waals surface area (Å²) in [5.41, 5.74) is 0. The Hall–Kier alpha value is 1.11. The summed E-state index contributed by atoms with van der Waals surface area (Å²) < 4.78 is 0. The Morgan fingerprint density at radius 3 is 2.29 bits per heavy atom. The Balaban J connectivity index is 0.00000169. The van der Waals surface area contributed by atoms with Crippen molar-refractivity contribution < 1.29 is 61.3 Å². The average Bonchev–Trinajstić information content (AvgIpc) is 2.15. The second-order valence-corrected chi connectivity index (χ2v) is 4.18. The largest absolute Gasteiger partial charge is 1.00 e. The van der Waals surface area contributed by atoms with Crippen LogP contribution in [0.5, 0.6) is 0 Å². The van der Waals surface area contributed by atoms with E-state index in [4.69, 9.17) is 0 Å². The van der Waals surface area contributed by atoms with Gasteiger partial charge in [-0.1, -0.05) is 26.2 Å². The number of carboxylic acid groups (broad SMARTS) is 1. The molecule has 1 aliphatic rings. The fourth-order valence-corrected chi connectivity index (χ4v) is 2.18. The monoisotopic (exact) mass is 222 g/mol. The zero-order valence-electron chi connectivity index (χ0n) is 9.42. The van der Waals surface area contributed by atoms with Gasteiger partial charge < -0.3 is 9.90 Å². The van der Waals surface area contributed by atoms with Crippen LogP contribution in [-0.4, -0.2) is 5.97 Å². The molecule has 0 aliphatic heterocycles. The molecule has 0 atom stereocenters. The van der Waals surface area contributed by atoms with E-state index >= 15 is 0 Å². The first-order valence-corrected chi connectivity index (χ1v) is 5.45. The van der Waals surface area contributed by atoms with Crippen LogP contribution in [0.15, 0.2) is 0 Å². The maximum absolute atomic E-state index is 10.6. The van der Waals surface area contributed by atoms with Crippen molar-refractivity contribution in [3.8, 4) is 0 Å². The maximum Gasteiger partial charge on any atom is 1.00 e. The van der Waals surface area contributed by atoms with E-state index in [0.717, 1.165) is 31.6 Å². The average molecular weight is 222 g/mol. The molecular formula is C11H19KO2. The second-order valence-electron chi connectivity index (χ2n) is 4.18. The van der Waals surface area contributed by atoms with E-state index in [0.29, 0.717) is 0 Å². The summed E-state index contributed by atoms with van der Waals surface area (Å²) in [7, 11) is 0. The van der Waals surface area contributed by atoms with E-state index in [-0.39, 0.29) is 57.3 Å². The number of aliphatic carboxylic acids is 1. The molecule has 0 heterocycles. The normalized spacial score (nSPS) is 26.6. The van der Waals surface area contributed by atoms with Gasteiger partial charge in [0.05, 0.1) is 0 Å². The molecule has 1 saturated carbocycles. The molecule has 0 aromatic carbocycles. The van der Waals surface area contributed by atoms with Gasteiger partial charge in [-0.25, -0.2) is 0 Å². The summed E-state index contributed by atoms with van der Waals surface area (Å²) in [6.45, 7) is 2.20. The van der Waals surface area contributed by atoms with Crippen molar-refractivity contribution in [3.05, 3.63) is 0 Å². The fraction of sp³-hybridized carbons (Fsp3) is 0.909. The molecule has 0 spiro atoms. The molecule has 0 aromatic rings. The van der Waals surface area contributed by atoms with Gasteiger partial charge in [-0.15, -0.1) is 0 Å². The van der Waals surface area contributed by atoms with Gasteiger partial charge >= 0.3 is 51.4 Å². The maximum atomic E-state index is 10.6. The van der Waals surface area contributed by atoms with E-state index in [1.54, 1.807) is 0 Å². The van der Waals surface area contributed by atoms with Crippen LogP contribution in [0.2, 0.25) is 0 Å². The number of hydrogen-bond acceptors (Lipinski definition) is 2. The summed E-state index contributed by atoms with van der Waals surface area (Å²) in [5.74, 6) is -0.206.